The highest BCUT2D eigenvalue weighted by Crippen LogP contribution is 2.25. The van der Waals surface area contributed by atoms with Gasteiger partial charge in [-0.1, -0.05) is 6.07 Å². The zero-order valence-electron chi connectivity index (χ0n) is 12.1. The van der Waals surface area contributed by atoms with Crippen molar-refractivity contribution in [2.45, 2.75) is 13.8 Å². The van der Waals surface area contributed by atoms with Gasteiger partial charge in [0.05, 0.1) is 23.5 Å². The first kappa shape index (κ1) is 15.8. The normalized spacial score (nSPS) is 10.2. The maximum Gasteiger partial charge on any atom is 0.337 e. The van der Waals surface area contributed by atoms with E-state index in [2.05, 4.69) is 0 Å². The summed E-state index contributed by atoms with van der Waals surface area (Å²) in [6.45, 7) is 5.29. The number of hydrogen-bond donors (Lipinski definition) is 2. The molecule has 0 atom stereocenters. The number of para-hydroxylation sites is 1. The molecule has 0 unspecified atom stereocenters. The molecule has 0 aliphatic heterocycles. The van der Waals surface area contributed by atoms with E-state index in [0.29, 0.717) is 18.8 Å². The lowest BCUT2D eigenvalue weighted by molar-refractivity contribution is -0.129. The van der Waals surface area contributed by atoms with Crippen molar-refractivity contribution in [1.29, 1.82) is 0 Å². The highest BCUT2D eigenvalue weighted by Gasteiger charge is 2.17. The number of amides is 1. The Hall–Kier alpha value is -2.24. The number of hydrogen-bond acceptors (Lipinski definition) is 4. The first-order chi connectivity index (χ1) is 9.42. The van der Waals surface area contributed by atoms with E-state index in [0.717, 1.165) is 0 Å². The largest absolute Gasteiger partial charge is 0.478 e. The highest BCUT2D eigenvalue weighted by atomic mass is 16.4. The van der Waals surface area contributed by atoms with Gasteiger partial charge in [0.25, 0.3) is 0 Å². The van der Waals surface area contributed by atoms with Gasteiger partial charge in [0.2, 0.25) is 5.91 Å². The van der Waals surface area contributed by atoms with Crippen LogP contribution in [0.1, 0.15) is 24.2 Å². The third-order valence-corrected chi connectivity index (χ3v) is 3.21. The van der Waals surface area contributed by atoms with Crippen molar-refractivity contribution >= 4 is 23.3 Å². The van der Waals surface area contributed by atoms with E-state index in [1.165, 1.54) is 6.07 Å². The first-order valence-electron chi connectivity index (χ1n) is 6.53. The predicted octanol–water partition coefficient (Wildman–Crippen LogP) is 1.27. The van der Waals surface area contributed by atoms with Crippen LogP contribution in [-0.2, 0) is 4.79 Å². The van der Waals surface area contributed by atoms with Gasteiger partial charge in [0.15, 0.2) is 0 Å². The van der Waals surface area contributed by atoms with Gasteiger partial charge in [-0.15, -0.1) is 0 Å². The molecule has 6 heteroatoms. The fourth-order valence-electron chi connectivity index (χ4n) is 2.04. The number of anilines is 2. The van der Waals surface area contributed by atoms with Crippen LogP contribution in [0.25, 0.3) is 0 Å². The fraction of sp³-hybridized carbons (Fsp3) is 0.429. The van der Waals surface area contributed by atoms with Crippen LogP contribution in [0.2, 0.25) is 0 Å². The molecule has 6 nitrogen and oxygen atoms in total. The Morgan fingerprint density at radius 2 is 1.85 bits per heavy atom. The fourth-order valence-corrected chi connectivity index (χ4v) is 2.04. The Balaban J connectivity index is 2.93. The van der Waals surface area contributed by atoms with E-state index in [1.54, 1.807) is 29.0 Å². The second-order valence-corrected chi connectivity index (χ2v) is 4.47. The Kier molecular flexibility index (Phi) is 5.37. The topological polar surface area (TPSA) is 86.9 Å². The van der Waals surface area contributed by atoms with Crippen LogP contribution < -0.4 is 10.6 Å². The lowest BCUT2D eigenvalue weighted by atomic mass is 10.1. The van der Waals surface area contributed by atoms with Crippen molar-refractivity contribution in [2.24, 2.45) is 0 Å². The molecule has 0 radical (unpaired) electrons. The minimum atomic E-state index is -1.08. The molecule has 0 aromatic heterocycles. The number of carboxylic acid groups (broad SMARTS) is 1. The van der Waals surface area contributed by atoms with Gasteiger partial charge in [-0.2, -0.15) is 0 Å². The molecule has 1 aromatic rings. The number of carboxylic acids is 1. The first-order valence-corrected chi connectivity index (χ1v) is 6.53. The van der Waals surface area contributed by atoms with Crippen LogP contribution >= 0.6 is 0 Å². The predicted molar refractivity (Wildman–Crippen MR) is 79.0 cm³/mol. The van der Waals surface area contributed by atoms with Gasteiger partial charge in [0, 0.05) is 20.1 Å². The summed E-state index contributed by atoms with van der Waals surface area (Å²) in [5.41, 5.74) is 6.62. The number of nitrogen functional groups attached to an aromatic ring is 1. The van der Waals surface area contributed by atoms with Crippen LogP contribution in [0.15, 0.2) is 18.2 Å². The van der Waals surface area contributed by atoms with Crippen LogP contribution in [0.4, 0.5) is 11.4 Å². The van der Waals surface area contributed by atoms with Gasteiger partial charge in [-0.25, -0.2) is 4.79 Å². The molecule has 0 fully saturated rings. The molecular formula is C14H21N3O3. The third kappa shape index (κ3) is 3.40. The summed E-state index contributed by atoms with van der Waals surface area (Å²) < 4.78 is 0. The molecule has 0 aliphatic carbocycles. The molecule has 1 aromatic carbocycles. The minimum absolute atomic E-state index is 0.0161. The molecule has 20 heavy (non-hydrogen) atoms. The Labute approximate surface area is 118 Å². The number of benzene rings is 1. The quantitative estimate of drug-likeness (QED) is 0.766. The van der Waals surface area contributed by atoms with Crippen LogP contribution in [0, 0.1) is 0 Å². The van der Waals surface area contributed by atoms with E-state index >= 15 is 0 Å². The molecule has 1 rings (SSSR count). The second kappa shape index (κ2) is 6.79. The van der Waals surface area contributed by atoms with E-state index < -0.39 is 5.97 Å². The zero-order chi connectivity index (χ0) is 15.3. The molecule has 0 saturated heterocycles. The average molecular weight is 279 g/mol. The summed E-state index contributed by atoms with van der Waals surface area (Å²) in [6.07, 6.45) is 0. The van der Waals surface area contributed by atoms with Crippen LogP contribution in [-0.4, -0.2) is 48.6 Å². The number of aromatic carboxylic acids is 1. The van der Waals surface area contributed by atoms with Gasteiger partial charge < -0.3 is 20.6 Å². The van der Waals surface area contributed by atoms with Crippen molar-refractivity contribution in [2.75, 3.05) is 37.3 Å². The van der Waals surface area contributed by atoms with Gasteiger partial charge in [0.1, 0.15) is 0 Å². The maximum absolute atomic E-state index is 12.0. The lowest BCUT2D eigenvalue weighted by Gasteiger charge is -2.25. The van der Waals surface area contributed by atoms with Crippen molar-refractivity contribution in [3.05, 3.63) is 23.8 Å². The van der Waals surface area contributed by atoms with Gasteiger partial charge in [-0.3, -0.25) is 4.79 Å². The number of likely N-dealkylation sites (N-methyl/N-ethyl adjacent to an activating group) is 2. The number of rotatable bonds is 6. The van der Waals surface area contributed by atoms with E-state index in [9.17, 15) is 9.59 Å². The Bertz CT molecular complexity index is 498. The summed E-state index contributed by atoms with van der Waals surface area (Å²) in [5.74, 6) is -1.09. The SMILES string of the molecule is CCN(CC)C(=O)CN(C)c1cccc(C(=O)O)c1N. The van der Waals surface area contributed by atoms with Crippen molar-refractivity contribution in [3.8, 4) is 0 Å². The highest BCUT2D eigenvalue weighted by molar-refractivity contribution is 5.97. The van der Waals surface area contributed by atoms with Gasteiger partial charge in [-0.05, 0) is 26.0 Å². The zero-order valence-corrected chi connectivity index (χ0v) is 12.1. The molecule has 0 spiro atoms. The lowest BCUT2D eigenvalue weighted by Crippen LogP contribution is -2.39. The molecule has 0 saturated carbocycles. The Morgan fingerprint density at radius 3 is 2.35 bits per heavy atom. The average Bonchev–Trinajstić information content (AvgIpc) is 2.39. The molecule has 110 valence electrons. The summed E-state index contributed by atoms with van der Waals surface area (Å²) >= 11 is 0. The van der Waals surface area contributed by atoms with Crippen molar-refractivity contribution in [1.82, 2.24) is 4.90 Å². The minimum Gasteiger partial charge on any atom is -0.478 e. The number of carbonyl (C=O) groups excluding carboxylic acids is 1. The molecule has 0 heterocycles. The van der Waals surface area contributed by atoms with E-state index in [4.69, 9.17) is 10.8 Å². The second-order valence-electron chi connectivity index (χ2n) is 4.47. The number of nitrogens with two attached hydrogens (primary N) is 1. The van der Waals surface area contributed by atoms with Crippen molar-refractivity contribution in [3.63, 3.8) is 0 Å². The Morgan fingerprint density at radius 1 is 1.25 bits per heavy atom. The van der Waals surface area contributed by atoms with E-state index in [-0.39, 0.29) is 23.7 Å². The van der Waals surface area contributed by atoms with Crippen molar-refractivity contribution < 1.29 is 14.7 Å². The third-order valence-electron chi connectivity index (χ3n) is 3.21. The number of carbonyl (C=O) groups is 2. The summed E-state index contributed by atoms with van der Waals surface area (Å²) in [6, 6.07) is 4.77. The smallest absolute Gasteiger partial charge is 0.337 e. The molecule has 0 bridgehead atoms. The summed E-state index contributed by atoms with van der Waals surface area (Å²) in [7, 11) is 1.72. The summed E-state index contributed by atoms with van der Waals surface area (Å²) in [4.78, 5) is 26.5. The standard InChI is InChI=1S/C14H21N3O3/c1-4-17(5-2)12(18)9-16(3)11-8-6-7-10(13(11)15)14(19)20/h6-8H,4-5,9,15H2,1-3H3,(H,19,20). The molecule has 1 amide bonds. The van der Waals surface area contributed by atoms with Gasteiger partial charge >= 0.3 is 5.97 Å². The number of nitrogens with zero attached hydrogens (tertiary/aromatic N) is 2. The van der Waals surface area contributed by atoms with E-state index in [1.807, 2.05) is 13.8 Å². The van der Waals surface area contributed by atoms with Crippen LogP contribution in [0.3, 0.4) is 0 Å². The monoisotopic (exact) mass is 279 g/mol. The summed E-state index contributed by atoms with van der Waals surface area (Å²) in [5, 5.41) is 9.04. The molecule has 3 N–H and O–H groups in total. The molecular weight excluding hydrogens is 258 g/mol. The maximum atomic E-state index is 12.0. The molecule has 0 aliphatic rings. The van der Waals surface area contributed by atoms with Crippen LogP contribution in [0.5, 0.6) is 0 Å².